The molecule has 0 aliphatic heterocycles. The lowest BCUT2D eigenvalue weighted by Crippen LogP contribution is -2.04. The van der Waals surface area contributed by atoms with Crippen molar-refractivity contribution in [2.24, 2.45) is 0 Å². The summed E-state index contributed by atoms with van der Waals surface area (Å²) in [4.78, 5) is 9.96. The Morgan fingerprint density at radius 1 is 1.20 bits per heavy atom. The predicted octanol–water partition coefficient (Wildman–Crippen LogP) is 4.07. The summed E-state index contributed by atoms with van der Waals surface area (Å²) in [5.74, 6) is 2.31. The molecule has 3 aromatic rings. The average Bonchev–Trinajstić information content (AvgIpc) is 2.94. The number of fused-ring (bicyclic) bond motifs is 1. The highest BCUT2D eigenvalue weighted by atomic mass is 79.9. The lowest BCUT2D eigenvalue weighted by atomic mass is 10.3. The number of rotatable bonds is 4. The van der Waals surface area contributed by atoms with E-state index in [-0.39, 0.29) is 0 Å². The van der Waals surface area contributed by atoms with Crippen LogP contribution in [0.3, 0.4) is 0 Å². The van der Waals surface area contributed by atoms with Crippen molar-refractivity contribution in [3.8, 4) is 5.75 Å². The van der Waals surface area contributed by atoms with E-state index >= 15 is 0 Å². The van der Waals surface area contributed by atoms with Crippen LogP contribution in [0.1, 0.15) is 5.82 Å². The summed E-state index contributed by atoms with van der Waals surface area (Å²) in [7, 11) is 1.86. The Kier molecular flexibility index (Phi) is 3.84. The zero-order valence-corrected chi connectivity index (χ0v) is 13.2. The highest BCUT2D eigenvalue weighted by Crippen LogP contribution is 2.25. The molecular weight excluding hydrogens is 338 g/mol. The quantitative estimate of drug-likeness (QED) is 0.770. The zero-order valence-electron chi connectivity index (χ0n) is 10.8. The van der Waals surface area contributed by atoms with E-state index in [1.165, 1.54) is 0 Å². The van der Waals surface area contributed by atoms with Crippen molar-refractivity contribution in [3.63, 3.8) is 0 Å². The normalized spacial score (nSPS) is 10.7. The highest BCUT2D eigenvalue weighted by molar-refractivity contribution is 9.10. The first-order valence-electron chi connectivity index (χ1n) is 6.06. The van der Waals surface area contributed by atoms with Gasteiger partial charge in [0, 0.05) is 11.5 Å². The summed E-state index contributed by atoms with van der Waals surface area (Å²) < 4.78 is 6.73. The molecule has 0 spiro atoms. The van der Waals surface area contributed by atoms with Gasteiger partial charge in [-0.15, -0.1) is 11.3 Å². The third kappa shape index (κ3) is 2.76. The maximum absolute atomic E-state index is 5.70. The van der Waals surface area contributed by atoms with Crippen LogP contribution < -0.4 is 10.1 Å². The fourth-order valence-corrected chi connectivity index (χ4v) is 2.88. The van der Waals surface area contributed by atoms with Crippen LogP contribution in [0.2, 0.25) is 0 Å². The van der Waals surface area contributed by atoms with E-state index in [2.05, 4.69) is 31.2 Å². The van der Waals surface area contributed by atoms with Gasteiger partial charge in [0.25, 0.3) is 0 Å². The first-order chi connectivity index (χ1) is 9.76. The molecule has 102 valence electrons. The van der Waals surface area contributed by atoms with E-state index in [0.29, 0.717) is 12.4 Å². The predicted molar refractivity (Wildman–Crippen MR) is 85.4 cm³/mol. The minimum atomic E-state index is 0.351. The summed E-state index contributed by atoms with van der Waals surface area (Å²) in [6.45, 7) is 0.351. The van der Waals surface area contributed by atoms with Crippen molar-refractivity contribution in [1.29, 1.82) is 0 Å². The molecule has 0 atom stereocenters. The maximum atomic E-state index is 5.70. The standard InChI is InChI=1S/C14H12BrN3OS/c1-16-13-11-6-7-20-14(11)18-12(17-13)8-19-10-4-2-9(15)3-5-10/h2-7H,8H2,1H3,(H,16,17,18). The number of anilines is 1. The molecule has 3 rings (SSSR count). The van der Waals surface area contributed by atoms with Gasteiger partial charge in [-0.1, -0.05) is 15.9 Å². The number of ether oxygens (including phenoxy) is 1. The minimum Gasteiger partial charge on any atom is -0.486 e. The number of hydrogen-bond acceptors (Lipinski definition) is 5. The molecule has 2 heterocycles. The van der Waals surface area contributed by atoms with Crippen LogP contribution in [0.25, 0.3) is 10.2 Å². The van der Waals surface area contributed by atoms with Crippen LogP contribution in [-0.2, 0) is 6.61 Å². The lowest BCUT2D eigenvalue weighted by Gasteiger charge is -2.07. The molecule has 0 aliphatic rings. The topological polar surface area (TPSA) is 47.0 Å². The van der Waals surface area contributed by atoms with Crippen LogP contribution in [0.15, 0.2) is 40.2 Å². The van der Waals surface area contributed by atoms with Gasteiger partial charge >= 0.3 is 0 Å². The summed E-state index contributed by atoms with van der Waals surface area (Å²) in [5, 5.41) is 6.16. The summed E-state index contributed by atoms with van der Waals surface area (Å²) in [5.41, 5.74) is 0. The molecule has 6 heteroatoms. The summed E-state index contributed by atoms with van der Waals surface area (Å²) in [6, 6.07) is 9.72. The van der Waals surface area contributed by atoms with Gasteiger partial charge in [0.1, 0.15) is 23.0 Å². The molecule has 0 saturated heterocycles. The molecule has 1 N–H and O–H groups in total. The number of halogens is 1. The molecule has 20 heavy (non-hydrogen) atoms. The molecule has 0 radical (unpaired) electrons. The Morgan fingerprint density at radius 3 is 2.75 bits per heavy atom. The van der Waals surface area contributed by atoms with E-state index in [4.69, 9.17) is 4.74 Å². The Hall–Kier alpha value is -1.66. The molecule has 0 amide bonds. The summed E-state index contributed by atoms with van der Waals surface area (Å²) >= 11 is 5.00. The number of nitrogens with zero attached hydrogens (tertiary/aromatic N) is 2. The van der Waals surface area contributed by atoms with Gasteiger partial charge in [-0.2, -0.15) is 0 Å². The molecule has 0 fully saturated rings. The third-order valence-corrected chi connectivity index (χ3v) is 4.13. The minimum absolute atomic E-state index is 0.351. The maximum Gasteiger partial charge on any atom is 0.169 e. The van der Waals surface area contributed by atoms with E-state index in [1.807, 2.05) is 42.8 Å². The average molecular weight is 350 g/mol. The fraction of sp³-hybridized carbons (Fsp3) is 0.143. The van der Waals surface area contributed by atoms with Crippen molar-refractivity contribution in [3.05, 3.63) is 46.0 Å². The van der Waals surface area contributed by atoms with Crippen LogP contribution in [0, 0.1) is 0 Å². The smallest absolute Gasteiger partial charge is 0.169 e. The summed E-state index contributed by atoms with van der Waals surface area (Å²) in [6.07, 6.45) is 0. The number of thiophene rings is 1. The molecule has 1 aromatic carbocycles. The molecule has 2 aromatic heterocycles. The molecule has 0 bridgehead atoms. The molecule has 4 nitrogen and oxygen atoms in total. The third-order valence-electron chi connectivity index (χ3n) is 2.79. The Bertz CT molecular complexity index is 727. The van der Waals surface area contributed by atoms with Crippen LogP contribution >= 0.6 is 27.3 Å². The van der Waals surface area contributed by atoms with Gasteiger partial charge in [-0.3, -0.25) is 0 Å². The Balaban J connectivity index is 1.81. The Morgan fingerprint density at radius 2 is 2.00 bits per heavy atom. The van der Waals surface area contributed by atoms with Gasteiger partial charge < -0.3 is 10.1 Å². The monoisotopic (exact) mass is 349 g/mol. The number of benzene rings is 1. The zero-order chi connectivity index (χ0) is 13.9. The second-order valence-electron chi connectivity index (χ2n) is 4.12. The number of nitrogens with one attached hydrogen (secondary N) is 1. The van der Waals surface area contributed by atoms with Crippen molar-refractivity contribution >= 4 is 43.3 Å². The molecule has 0 unspecified atom stereocenters. The lowest BCUT2D eigenvalue weighted by molar-refractivity contribution is 0.296. The SMILES string of the molecule is CNc1nc(COc2ccc(Br)cc2)nc2sccc12. The number of hydrogen-bond donors (Lipinski definition) is 1. The second-order valence-corrected chi connectivity index (χ2v) is 5.93. The number of aromatic nitrogens is 2. The van der Waals surface area contributed by atoms with Gasteiger partial charge in [-0.25, -0.2) is 9.97 Å². The van der Waals surface area contributed by atoms with Crippen LogP contribution in [0.5, 0.6) is 5.75 Å². The second kappa shape index (κ2) is 5.76. The van der Waals surface area contributed by atoms with Gasteiger partial charge in [0.2, 0.25) is 0 Å². The van der Waals surface area contributed by atoms with Crippen LogP contribution in [-0.4, -0.2) is 17.0 Å². The first kappa shape index (κ1) is 13.3. The van der Waals surface area contributed by atoms with Gasteiger partial charge in [0.05, 0.1) is 5.39 Å². The molecule has 0 saturated carbocycles. The van der Waals surface area contributed by atoms with E-state index in [9.17, 15) is 0 Å². The fourth-order valence-electron chi connectivity index (χ4n) is 1.83. The van der Waals surface area contributed by atoms with E-state index in [1.54, 1.807) is 11.3 Å². The van der Waals surface area contributed by atoms with Crippen molar-refractivity contribution < 1.29 is 4.74 Å². The molecular formula is C14H12BrN3OS. The van der Waals surface area contributed by atoms with Crippen molar-refractivity contribution in [1.82, 2.24) is 9.97 Å². The van der Waals surface area contributed by atoms with Gasteiger partial charge in [-0.05, 0) is 35.7 Å². The van der Waals surface area contributed by atoms with E-state index < -0.39 is 0 Å². The highest BCUT2D eigenvalue weighted by Gasteiger charge is 2.08. The van der Waals surface area contributed by atoms with Gasteiger partial charge in [0.15, 0.2) is 5.82 Å². The van der Waals surface area contributed by atoms with Crippen LogP contribution in [0.4, 0.5) is 5.82 Å². The Labute approximate surface area is 129 Å². The van der Waals surface area contributed by atoms with E-state index in [0.717, 1.165) is 26.3 Å². The first-order valence-corrected chi connectivity index (χ1v) is 7.74. The van der Waals surface area contributed by atoms with Crippen molar-refractivity contribution in [2.75, 3.05) is 12.4 Å². The largest absolute Gasteiger partial charge is 0.486 e. The van der Waals surface area contributed by atoms with Crippen molar-refractivity contribution in [2.45, 2.75) is 6.61 Å². The molecule has 0 aliphatic carbocycles.